The smallest absolute Gasteiger partial charge is 0.251 e. The molecule has 0 aliphatic heterocycles. The summed E-state index contributed by atoms with van der Waals surface area (Å²) in [6.07, 6.45) is 2.05. The number of ketones is 1. The van der Waals surface area contributed by atoms with Crippen LogP contribution in [0.3, 0.4) is 0 Å². The number of pyridine rings is 1. The second kappa shape index (κ2) is 5.27. The minimum Gasteiger partial charge on any atom is -0.339 e. The van der Waals surface area contributed by atoms with Gasteiger partial charge in [0.2, 0.25) is 5.89 Å². The molecule has 0 spiro atoms. The Balaban J connectivity index is 2.00. The Hall–Kier alpha value is -2.24. The summed E-state index contributed by atoms with van der Waals surface area (Å²) in [4.78, 5) is 28.3. The molecule has 6 nitrogen and oxygen atoms in total. The van der Waals surface area contributed by atoms with Gasteiger partial charge in [0.05, 0.1) is 6.54 Å². The van der Waals surface area contributed by atoms with Crippen LogP contribution in [0.4, 0.5) is 0 Å². The van der Waals surface area contributed by atoms with Crippen LogP contribution in [0.2, 0.25) is 0 Å². The molecule has 0 saturated heterocycles. The van der Waals surface area contributed by atoms with Crippen LogP contribution in [0, 0.1) is 0 Å². The van der Waals surface area contributed by atoms with Crippen molar-refractivity contribution >= 4 is 5.78 Å². The molecule has 2 heterocycles. The Morgan fingerprint density at radius 3 is 2.81 bits per heavy atom. The Morgan fingerprint density at radius 2 is 2.10 bits per heavy atom. The van der Waals surface area contributed by atoms with Gasteiger partial charge in [0.1, 0.15) is 0 Å². The Labute approximate surface area is 121 Å². The summed E-state index contributed by atoms with van der Waals surface area (Å²) in [5, 5.41) is 3.91. The van der Waals surface area contributed by atoms with Crippen LogP contribution in [-0.2, 0) is 13.0 Å². The van der Waals surface area contributed by atoms with E-state index in [1.165, 1.54) is 6.07 Å². The summed E-state index contributed by atoms with van der Waals surface area (Å²) in [6, 6.07) is 3.07. The minimum atomic E-state index is -0.139. The molecule has 110 valence electrons. The lowest BCUT2D eigenvalue weighted by Crippen LogP contribution is -2.28. The molecule has 3 rings (SSSR count). The second-order valence-electron chi connectivity index (χ2n) is 5.60. The zero-order chi connectivity index (χ0) is 15.0. The van der Waals surface area contributed by atoms with Crippen molar-refractivity contribution in [2.24, 2.45) is 0 Å². The molecule has 0 amide bonds. The van der Waals surface area contributed by atoms with Crippen LogP contribution in [0.1, 0.15) is 60.4 Å². The molecule has 21 heavy (non-hydrogen) atoms. The normalized spacial score (nSPS) is 14.5. The highest BCUT2D eigenvalue weighted by Gasteiger charge is 2.21. The number of hydrogen-bond donors (Lipinski definition) is 0. The van der Waals surface area contributed by atoms with Gasteiger partial charge in [0, 0.05) is 29.7 Å². The molecule has 1 aliphatic carbocycles. The van der Waals surface area contributed by atoms with Gasteiger partial charge in [-0.1, -0.05) is 19.0 Å². The van der Waals surface area contributed by atoms with Crippen molar-refractivity contribution in [2.75, 3.05) is 0 Å². The van der Waals surface area contributed by atoms with E-state index in [1.807, 2.05) is 13.8 Å². The number of nitrogens with zero attached hydrogens (tertiary/aromatic N) is 3. The summed E-state index contributed by atoms with van der Waals surface area (Å²) in [5.74, 6) is 1.27. The Kier molecular flexibility index (Phi) is 3.45. The van der Waals surface area contributed by atoms with Crippen molar-refractivity contribution in [3.8, 4) is 0 Å². The molecule has 0 N–H and O–H groups in total. The monoisotopic (exact) mass is 287 g/mol. The highest BCUT2D eigenvalue weighted by molar-refractivity contribution is 5.97. The molecule has 0 aromatic carbocycles. The molecule has 2 aromatic rings. The third-order valence-corrected chi connectivity index (χ3v) is 3.69. The van der Waals surface area contributed by atoms with Crippen LogP contribution in [0.5, 0.6) is 0 Å². The molecule has 6 heteroatoms. The van der Waals surface area contributed by atoms with Gasteiger partial charge in [-0.2, -0.15) is 4.98 Å². The van der Waals surface area contributed by atoms with Gasteiger partial charge in [-0.05, 0) is 18.9 Å². The number of hydrogen-bond acceptors (Lipinski definition) is 5. The predicted octanol–water partition coefficient (Wildman–Crippen LogP) is 1.92. The minimum absolute atomic E-state index is 0.0981. The van der Waals surface area contributed by atoms with E-state index in [4.69, 9.17) is 4.52 Å². The summed E-state index contributed by atoms with van der Waals surface area (Å²) < 4.78 is 6.74. The maximum atomic E-state index is 12.1. The van der Waals surface area contributed by atoms with Gasteiger partial charge in [-0.15, -0.1) is 0 Å². The van der Waals surface area contributed by atoms with Gasteiger partial charge in [-0.25, -0.2) is 0 Å². The van der Waals surface area contributed by atoms with E-state index < -0.39 is 0 Å². The first-order valence-electron chi connectivity index (χ1n) is 7.14. The SMILES string of the molecule is CC(C)c1nc(Cn2c3c(ccc2=O)C(=O)CCC3)no1. The summed E-state index contributed by atoms with van der Waals surface area (Å²) in [6.45, 7) is 4.17. The lowest BCUT2D eigenvalue weighted by atomic mass is 9.94. The van der Waals surface area contributed by atoms with Crippen molar-refractivity contribution in [3.05, 3.63) is 45.5 Å². The lowest BCUT2D eigenvalue weighted by molar-refractivity contribution is 0.0970. The molecule has 0 bridgehead atoms. The number of fused-ring (bicyclic) bond motifs is 1. The summed E-state index contributed by atoms with van der Waals surface area (Å²) in [5.41, 5.74) is 1.29. The van der Waals surface area contributed by atoms with Crippen molar-refractivity contribution in [1.29, 1.82) is 0 Å². The fourth-order valence-electron chi connectivity index (χ4n) is 2.57. The topological polar surface area (TPSA) is 78.0 Å². The highest BCUT2D eigenvalue weighted by Crippen LogP contribution is 2.20. The third kappa shape index (κ3) is 2.53. The molecule has 0 radical (unpaired) electrons. The standard InChI is InChI=1S/C15H17N3O3/c1-9(2)15-16-13(17-21-15)8-18-11-4-3-5-12(19)10(11)6-7-14(18)20/h6-7,9H,3-5,8H2,1-2H3. The van der Waals surface area contributed by atoms with Gasteiger partial charge >= 0.3 is 0 Å². The maximum absolute atomic E-state index is 12.1. The molecule has 2 aromatic heterocycles. The predicted molar refractivity (Wildman–Crippen MR) is 75.5 cm³/mol. The lowest BCUT2D eigenvalue weighted by Gasteiger charge is -2.18. The molecule has 0 atom stereocenters. The largest absolute Gasteiger partial charge is 0.339 e. The van der Waals surface area contributed by atoms with E-state index in [2.05, 4.69) is 10.1 Å². The quantitative estimate of drug-likeness (QED) is 0.861. The number of carbonyl (C=O) groups excluding carboxylic acids is 1. The summed E-state index contributed by atoms with van der Waals surface area (Å²) in [7, 11) is 0. The van der Waals surface area contributed by atoms with E-state index in [1.54, 1.807) is 10.6 Å². The van der Waals surface area contributed by atoms with E-state index in [0.717, 1.165) is 18.5 Å². The average molecular weight is 287 g/mol. The number of rotatable bonds is 3. The third-order valence-electron chi connectivity index (χ3n) is 3.69. The number of Topliss-reactive ketones (excluding diaryl/α,β-unsaturated/α-hetero) is 1. The van der Waals surface area contributed by atoms with Gasteiger partial charge in [0.15, 0.2) is 11.6 Å². The fraction of sp³-hybridized carbons (Fsp3) is 0.467. The molecule has 0 unspecified atom stereocenters. The molecule has 0 fully saturated rings. The first-order valence-corrected chi connectivity index (χ1v) is 7.14. The Morgan fingerprint density at radius 1 is 1.29 bits per heavy atom. The average Bonchev–Trinajstić information content (AvgIpc) is 2.91. The van der Waals surface area contributed by atoms with E-state index in [0.29, 0.717) is 23.7 Å². The summed E-state index contributed by atoms with van der Waals surface area (Å²) >= 11 is 0. The molecular weight excluding hydrogens is 270 g/mol. The van der Waals surface area contributed by atoms with Crippen LogP contribution in [0.15, 0.2) is 21.5 Å². The van der Waals surface area contributed by atoms with Crippen molar-refractivity contribution in [2.45, 2.75) is 45.6 Å². The second-order valence-corrected chi connectivity index (χ2v) is 5.60. The van der Waals surface area contributed by atoms with Crippen LogP contribution in [0.25, 0.3) is 0 Å². The van der Waals surface area contributed by atoms with Crippen LogP contribution < -0.4 is 5.56 Å². The van der Waals surface area contributed by atoms with Crippen molar-refractivity contribution in [1.82, 2.24) is 14.7 Å². The van der Waals surface area contributed by atoms with Crippen LogP contribution in [-0.4, -0.2) is 20.5 Å². The molecular formula is C15H17N3O3. The Bertz CT molecular complexity index is 743. The van der Waals surface area contributed by atoms with Crippen LogP contribution >= 0.6 is 0 Å². The van der Waals surface area contributed by atoms with E-state index in [9.17, 15) is 9.59 Å². The highest BCUT2D eigenvalue weighted by atomic mass is 16.5. The molecule has 1 aliphatic rings. The zero-order valence-corrected chi connectivity index (χ0v) is 12.1. The number of carbonyl (C=O) groups is 1. The van der Waals surface area contributed by atoms with E-state index in [-0.39, 0.29) is 23.8 Å². The first-order chi connectivity index (χ1) is 10.1. The number of aromatic nitrogens is 3. The first kappa shape index (κ1) is 13.7. The van der Waals surface area contributed by atoms with Gasteiger partial charge < -0.3 is 9.09 Å². The van der Waals surface area contributed by atoms with Gasteiger partial charge in [-0.3, -0.25) is 9.59 Å². The van der Waals surface area contributed by atoms with Crippen molar-refractivity contribution < 1.29 is 9.32 Å². The van der Waals surface area contributed by atoms with Crippen molar-refractivity contribution in [3.63, 3.8) is 0 Å². The fourth-order valence-corrected chi connectivity index (χ4v) is 2.57. The van der Waals surface area contributed by atoms with Gasteiger partial charge in [0.25, 0.3) is 5.56 Å². The zero-order valence-electron chi connectivity index (χ0n) is 12.1. The molecule has 0 saturated carbocycles. The van der Waals surface area contributed by atoms with E-state index >= 15 is 0 Å². The maximum Gasteiger partial charge on any atom is 0.251 e.